The molecule has 1 aromatic carbocycles. The highest BCUT2D eigenvalue weighted by atomic mass is 16.1. The van der Waals surface area contributed by atoms with Crippen LogP contribution < -0.4 is 10.6 Å². The highest BCUT2D eigenvalue weighted by molar-refractivity contribution is 5.88. The molecule has 1 saturated carbocycles. The van der Waals surface area contributed by atoms with E-state index in [2.05, 4.69) is 30.5 Å². The molecule has 0 saturated heterocycles. The van der Waals surface area contributed by atoms with Crippen molar-refractivity contribution in [1.82, 2.24) is 5.32 Å². The first-order valence-corrected chi connectivity index (χ1v) is 7.20. The Labute approximate surface area is 115 Å². The van der Waals surface area contributed by atoms with Gasteiger partial charge in [0, 0.05) is 24.7 Å². The predicted octanol–water partition coefficient (Wildman–Crippen LogP) is 3.48. The van der Waals surface area contributed by atoms with Crippen molar-refractivity contribution < 1.29 is 4.79 Å². The van der Waals surface area contributed by atoms with Gasteiger partial charge in [-0.2, -0.15) is 0 Å². The molecule has 2 unspecified atom stereocenters. The molecule has 3 heteroatoms. The second kappa shape index (κ2) is 6.20. The van der Waals surface area contributed by atoms with Crippen molar-refractivity contribution >= 4 is 11.6 Å². The van der Waals surface area contributed by atoms with Gasteiger partial charge in [-0.1, -0.05) is 18.6 Å². The van der Waals surface area contributed by atoms with E-state index in [9.17, 15) is 4.79 Å². The van der Waals surface area contributed by atoms with Crippen molar-refractivity contribution in [2.75, 3.05) is 5.32 Å². The normalized spacial score (nSPS) is 18.5. The summed E-state index contributed by atoms with van der Waals surface area (Å²) >= 11 is 0. The maximum Gasteiger partial charge on any atom is 0.221 e. The third-order valence-corrected chi connectivity index (χ3v) is 4.08. The second-order valence-corrected chi connectivity index (χ2v) is 5.67. The van der Waals surface area contributed by atoms with Gasteiger partial charge in [0.15, 0.2) is 0 Å². The monoisotopic (exact) mass is 260 g/mol. The standard InChI is InChI=1S/C16H24N2O/c1-11(14-6-4-7-14)17-12(2)15-8-5-9-16(10-15)18-13(3)19/h5,8-12,14,17H,4,6-7H2,1-3H3,(H,18,19). The summed E-state index contributed by atoms with van der Waals surface area (Å²) in [7, 11) is 0. The Kier molecular flexibility index (Phi) is 4.59. The molecule has 2 N–H and O–H groups in total. The van der Waals surface area contributed by atoms with Gasteiger partial charge in [0.05, 0.1) is 0 Å². The summed E-state index contributed by atoms with van der Waals surface area (Å²) in [4.78, 5) is 11.1. The lowest BCUT2D eigenvalue weighted by Gasteiger charge is -2.34. The molecule has 0 heterocycles. The predicted molar refractivity (Wildman–Crippen MR) is 79.1 cm³/mol. The number of benzene rings is 1. The third kappa shape index (κ3) is 3.80. The van der Waals surface area contributed by atoms with E-state index in [4.69, 9.17) is 0 Å². The van der Waals surface area contributed by atoms with Crippen LogP contribution in [0.15, 0.2) is 24.3 Å². The van der Waals surface area contributed by atoms with E-state index in [1.165, 1.54) is 31.7 Å². The number of amides is 1. The zero-order valence-corrected chi connectivity index (χ0v) is 12.1. The van der Waals surface area contributed by atoms with Gasteiger partial charge in [0.25, 0.3) is 0 Å². The van der Waals surface area contributed by atoms with Crippen LogP contribution in [0.2, 0.25) is 0 Å². The van der Waals surface area contributed by atoms with Crippen molar-refractivity contribution in [3.8, 4) is 0 Å². The van der Waals surface area contributed by atoms with Crippen LogP contribution in [-0.4, -0.2) is 11.9 Å². The second-order valence-electron chi connectivity index (χ2n) is 5.67. The third-order valence-electron chi connectivity index (χ3n) is 4.08. The van der Waals surface area contributed by atoms with E-state index in [0.29, 0.717) is 12.1 Å². The van der Waals surface area contributed by atoms with Crippen LogP contribution in [0.1, 0.15) is 51.6 Å². The summed E-state index contributed by atoms with van der Waals surface area (Å²) < 4.78 is 0. The number of anilines is 1. The topological polar surface area (TPSA) is 41.1 Å². The molecule has 1 aliphatic rings. The molecule has 0 radical (unpaired) electrons. The highest BCUT2D eigenvalue weighted by Gasteiger charge is 2.24. The van der Waals surface area contributed by atoms with Gasteiger partial charge < -0.3 is 10.6 Å². The van der Waals surface area contributed by atoms with E-state index >= 15 is 0 Å². The number of hydrogen-bond acceptors (Lipinski definition) is 2. The van der Waals surface area contributed by atoms with Gasteiger partial charge >= 0.3 is 0 Å². The summed E-state index contributed by atoms with van der Waals surface area (Å²) in [5.74, 6) is 0.807. The average molecular weight is 260 g/mol. The van der Waals surface area contributed by atoms with Crippen LogP contribution in [0.25, 0.3) is 0 Å². The number of carbonyl (C=O) groups excluding carboxylic acids is 1. The highest BCUT2D eigenvalue weighted by Crippen LogP contribution is 2.30. The lowest BCUT2D eigenvalue weighted by molar-refractivity contribution is -0.114. The first-order valence-electron chi connectivity index (χ1n) is 7.20. The van der Waals surface area contributed by atoms with Gasteiger partial charge in [-0.05, 0) is 50.3 Å². The Morgan fingerprint density at radius 1 is 1.32 bits per heavy atom. The van der Waals surface area contributed by atoms with Gasteiger partial charge in [0.1, 0.15) is 0 Å². The lowest BCUT2D eigenvalue weighted by Crippen LogP contribution is -2.38. The molecule has 0 bridgehead atoms. The van der Waals surface area contributed by atoms with Crippen molar-refractivity contribution in [2.45, 2.75) is 52.1 Å². The zero-order chi connectivity index (χ0) is 13.8. The average Bonchev–Trinajstić information content (AvgIpc) is 2.25. The molecule has 2 atom stereocenters. The van der Waals surface area contributed by atoms with Crippen LogP contribution in [0.4, 0.5) is 5.69 Å². The fourth-order valence-electron chi connectivity index (χ4n) is 2.66. The number of hydrogen-bond donors (Lipinski definition) is 2. The van der Waals surface area contributed by atoms with Gasteiger partial charge in [-0.3, -0.25) is 4.79 Å². The molecule has 3 nitrogen and oxygen atoms in total. The summed E-state index contributed by atoms with van der Waals surface area (Å²) in [5, 5.41) is 6.50. The minimum absolute atomic E-state index is 0.0272. The Bertz CT molecular complexity index is 440. The van der Waals surface area contributed by atoms with Crippen molar-refractivity contribution in [3.05, 3.63) is 29.8 Å². The Morgan fingerprint density at radius 2 is 2.05 bits per heavy atom. The van der Waals surface area contributed by atoms with Crippen LogP contribution in [-0.2, 0) is 4.79 Å². The van der Waals surface area contributed by atoms with Crippen LogP contribution >= 0.6 is 0 Å². The lowest BCUT2D eigenvalue weighted by atomic mass is 9.80. The summed E-state index contributed by atoms with van der Waals surface area (Å²) in [6.45, 7) is 5.99. The molecular formula is C16H24N2O. The fraction of sp³-hybridized carbons (Fsp3) is 0.562. The van der Waals surface area contributed by atoms with Crippen molar-refractivity contribution in [3.63, 3.8) is 0 Å². The zero-order valence-electron chi connectivity index (χ0n) is 12.1. The number of rotatable bonds is 5. The molecule has 1 aliphatic carbocycles. The Morgan fingerprint density at radius 3 is 2.63 bits per heavy atom. The van der Waals surface area contributed by atoms with Gasteiger partial charge in [-0.25, -0.2) is 0 Å². The Hall–Kier alpha value is -1.35. The minimum Gasteiger partial charge on any atom is -0.326 e. The van der Waals surface area contributed by atoms with Gasteiger partial charge in [0.2, 0.25) is 5.91 Å². The van der Waals surface area contributed by atoms with E-state index in [0.717, 1.165) is 11.6 Å². The first kappa shape index (κ1) is 14.1. The van der Waals surface area contributed by atoms with Crippen LogP contribution in [0, 0.1) is 5.92 Å². The molecule has 19 heavy (non-hydrogen) atoms. The summed E-state index contributed by atoms with van der Waals surface area (Å²) in [6, 6.07) is 8.94. The van der Waals surface area contributed by atoms with Gasteiger partial charge in [-0.15, -0.1) is 0 Å². The molecule has 1 amide bonds. The smallest absolute Gasteiger partial charge is 0.221 e. The molecule has 0 aromatic heterocycles. The van der Waals surface area contributed by atoms with E-state index < -0.39 is 0 Å². The molecule has 1 aromatic rings. The molecule has 104 valence electrons. The first-order chi connectivity index (χ1) is 9.06. The minimum atomic E-state index is -0.0272. The van der Waals surface area contributed by atoms with E-state index in [-0.39, 0.29) is 5.91 Å². The maximum atomic E-state index is 11.1. The van der Waals surface area contributed by atoms with Crippen LogP contribution in [0.5, 0.6) is 0 Å². The van der Waals surface area contributed by atoms with Crippen molar-refractivity contribution in [2.24, 2.45) is 5.92 Å². The largest absolute Gasteiger partial charge is 0.326 e. The molecule has 2 rings (SSSR count). The fourth-order valence-corrected chi connectivity index (χ4v) is 2.66. The summed E-state index contributed by atoms with van der Waals surface area (Å²) in [6.07, 6.45) is 4.09. The quantitative estimate of drug-likeness (QED) is 0.851. The van der Waals surface area contributed by atoms with Crippen molar-refractivity contribution in [1.29, 1.82) is 0 Å². The number of nitrogens with one attached hydrogen (secondary N) is 2. The Balaban J connectivity index is 1.97. The maximum absolute atomic E-state index is 11.1. The number of carbonyl (C=O) groups is 1. The van der Waals surface area contributed by atoms with Crippen LogP contribution in [0.3, 0.4) is 0 Å². The molecular weight excluding hydrogens is 236 g/mol. The molecule has 0 aliphatic heterocycles. The SMILES string of the molecule is CC(=O)Nc1cccc(C(C)NC(C)C2CCC2)c1. The van der Waals surface area contributed by atoms with E-state index in [1.54, 1.807) is 0 Å². The van der Waals surface area contributed by atoms with E-state index in [1.807, 2.05) is 18.2 Å². The summed E-state index contributed by atoms with van der Waals surface area (Å²) in [5.41, 5.74) is 2.09. The molecule has 0 spiro atoms. The molecule has 1 fully saturated rings.